The van der Waals surface area contributed by atoms with E-state index in [4.69, 9.17) is 10.5 Å². The molecule has 2 aromatic carbocycles. The molecule has 0 aliphatic heterocycles. The molecule has 0 heterocycles. The molecule has 4 heteroatoms. The summed E-state index contributed by atoms with van der Waals surface area (Å²) < 4.78 is 19.0. The van der Waals surface area contributed by atoms with Crippen molar-refractivity contribution in [1.82, 2.24) is 0 Å². The first-order chi connectivity index (χ1) is 10.2. The number of aryl methyl sites for hydroxylation is 1. The highest BCUT2D eigenvalue weighted by molar-refractivity contribution is 5.95. The minimum atomic E-state index is -0.603. The predicted molar refractivity (Wildman–Crippen MR) is 78.3 cm³/mol. The van der Waals surface area contributed by atoms with Gasteiger partial charge in [-0.05, 0) is 42.5 Å². The number of hydrogen-bond donors (Lipinski definition) is 1. The highest BCUT2D eigenvalue weighted by Gasteiger charge is 2.25. The molecular weight excluding hydrogens is 269 g/mol. The van der Waals surface area contributed by atoms with Gasteiger partial charge in [0.1, 0.15) is 11.9 Å². The fraction of sp³-hybridized carbons (Fsp3) is 0.235. The van der Waals surface area contributed by atoms with Crippen LogP contribution in [0.4, 0.5) is 10.1 Å². The van der Waals surface area contributed by atoms with E-state index >= 15 is 0 Å². The number of hydrogen-bond acceptors (Lipinski definition) is 3. The Labute approximate surface area is 122 Å². The SMILES string of the molecule is Nc1c(F)cccc1C(=O)OC1CCCc2ccccc21. The Morgan fingerprint density at radius 1 is 1.19 bits per heavy atom. The van der Waals surface area contributed by atoms with Crippen LogP contribution in [0.15, 0.2) is 42.5 Å². The van der Waals surface area contributed by atoms with E-state index in [9.17, 15) is 9.18 Å². The summed E-state index contributed by atoms with van der Waals surface area (Å²) in [6, 6.07) is 12.1. The van der Waals surface area contributed by atoms with Gasteiger partial charge in [0.25, 0.3) is 0 Å². The lowest BCUT2D eigenvalue weighted by molar-refractivity contribution is 0.0257. The minimum Gasteiger partial charge on any atom is -0.454 e. The van der Waals surface area contributed by atoms with Crippen LogP contribution in [0.2, 0.25) is 0 Å². The van der Waals surface area contributed by atoms with Gasteiger partial charge in [-0.25, -0.2) is 9.18 Å². The Bertz CT molecular complexity index is 684. The second kappa shape index (κ2) is 5.56. The fourth-order valence-electron chi connectivity index (χ4n) is 2.74. The molecule has 0 saturated carbocycles. The Morgan fingerprint density at radius 2 is 2.00 bits per heavy atom. The molecule has 0 saturated heterocycles. The van der Waals surface area contributed by atoms with E-state index in [1.807, 2.05) is 24.3 Å². The van der Waals surface area contributed by atoms with Crippen molar-refractivity contribution in [2.45, 2.75) is 25.4 Å². The predicted octanol–water partition coefficient (Wildman–Crippen LogP) is 3.64. The van der Waals surface area contributed by atoms with Gasteiger partial charge in [-0.1, -0.05) is 30.3 Å². The van der Waals surface area contributed by atoms with Crippen molar-refractivity contribution >= 4 is 11.7 Å². The van der Waals surface area contributed by atoms with Gasteiger partial charge in [0.05, 0.1) is 11.3 Å². The van der Waals surface area contributed by atoms with E-state index < -0.39 is 11.8 Å². The molecule has 0 spiro atoms. The number of nitrogen functional groups attached to an aromatic ring is 1. The summed E-state index contributed by atoms with van der Waals surface area (Å²) in [4.78, 5) is 12.2. The van der Waals surface area contributed by atoms with E-state index in [1.54, 1.807) is 0 Å². The van der Waals surface area contributed by atoms with Crippen LogP contribution in [0, 0.1) is 5.82 Å². The molecule has 2 N–H and O–H groups in total. The van der Waals surface area contributed by atoms with Gasteiger partial charge in [-0.2, -0.15) is 0 Å². The number of fused-ring (bicyclic) bond motifs is 1. The molecular formula is C17H16FNO2. The van der Waals surface area contributed by atoms with Crippen LogP contribution in [0.3, 0.4) is 0 Å². The normalized spacial score (nSPS) is 17.1. The number of esters is 1. The zero-order valence-electron chi connectivity index (χ0n) is 11.5. The number of anilines is 1. The summed E-state index contributed by atoms with van der Waals surface area (Å²) in [5.74, 6) is -1.18. The van der Waals surface area contributed by atoms with Gasteiger partial charge >= 0.3 is 5.97 Å². The zero-order chi connectivity index (χ0) is 14.8. The van der Waals surface area contributed by atoms with Gasteiger partial charge in [0.15, 0.2) is 0 Å². The monoisotopic (exact) mass is 285 g/mol. The number of para-hydroxylation sites is 1. The van der Waals surface area contributed by atoms with Crippen molar-refractivity contribution in [3.63, 3.8) is 0 Å². The van der Waals surface area contributed by atoms with E-state index in [0.717, 1.165) is 24.8 Å². The first-order valence-corrected chi connectivity index (χ1v) is 6.99. The summed E-state index contributed by atoms with van der Waals surface area (Å²) in [6.45, 7) is 0. The lowest BCUT2D eigenvalue weighted by atomic mass is 9.89. The maximum atomic E-state index is 13.4. The third-order valence-electron chi connectivity index (χ3n) is 3.84. The molecule has 0 radical (unpaired) electrons. The van der Waals surface area contributed by atoms with Crippen molar-refractivity contribution < 1.29 is 13.9 Å². The number of halogens is 1. The average molecular weight is 285 g/mol. The highest BCUT2D eigenvalue weighted by atomic mass is 19.1. The number of rotatable bonds is 2. The van der Waals surface area contributed by atoms with Crippen molar-refractivity contribution in [3.8, 4) is 0 Å². The van der Waals surface area contributed by atoms with Gasteiger partial charge in [-0.15, -0.1) is 0 Å². The first-order valence-electron chi connectivity index (χ1n) is 6.99. The number of carbonyl (C=O) groups excluding carboxylic acids is 1. The molecule has 3 rings (SSSR count). The molecule has 1 unspecified atom stereocenters. The molecule has 1 aliphatic rings. The smallest absolute Gasteiger partial charge is 0.340 e. The van der Waals surface area contributed by atoms with E-state index in [0.29, 0.717) is 0 Å². The highest BCUT2D eigenvalue weighted by Crippen LogP contribution is 2.33. The quantitative estimate of drug-likeness (QED) is 0.677. The van der Waals surface area contributed by atoms with E-state index in [2.05, 4.69) is 0 Å². The minimum absolute atomic E-state index is 0.0815. The van der Waals surface area contributed by atoms with Crippen molar-refractivity contribution in [1.29, 1.82) is 0 Å². The fourth-order valence-corrected chi connectivity index (χ4v) is 2.74. The Hall–Kier alpha value is -2.36. The van der Waals surface area contributed by atoms with Crippen LogP contribution >= 0.6 is 0 Å². The molecule has 0 bridgehead atoms. The molecule has 1 atom stereocenters. The molecule has 0 aromatic heterocycles. The van der Waals surface area contributed by atoms with Crippen LogP contribution in [0.1, 0.15) is 40.4 Å². The van der Waals surface area contributed by atoms with Gasteiger partial charge in [0, 0.05) is 0 Å². The Balaban J connectivity index is 1.85. The summed E-state index contributed by atoms with van der Waals surface area (Å²) in [5, 5.41) is 0. The molecule has 21 heavy (non-hydrogen) atoms. The van der Waals surface area contributed by atoms with Gasteiger partial charge in [-0.3, -0.25) is 0 Å². The third kappa shape index (κ3) is 2.61. The molecule has 2 aromatic rings. The van der Waals surface area contributed by atoms with Crippen LogP contribution in [-0.2, 0) is 11.2 Å². The molecule has 108 valence electrons. The summed E-state index contributed by atoms with van der Waals surface area (Å²) in [6.07, 6.45) is 2.45. The maximum absolute atomic E-state index is 13.4. The molecule has 3 nitrogen and oxygen atoms in total. The first kappa shape index (κ1) is 13.6. The second-order valence-electron chi connectivity index (χ2n) is 5.19. The second-order valence-corrected chi connectivity index (χ2v) is 5.19. The number of ether oxygens (including phenoxy) is 1. The van der Waals surface area contributed by atoms with Crippen LogP contribution < -0.4 is 5.73 Å². The number of carbonyl (C=O) groups is 1. The van der Waals surface area contributed by atoms with Crippen molar-refractivity contribution in [2.24, 2.45) is 0 Å². The summed E-state index contributed by atoms with van der Waals surface area (Å²) in [7, 11) is 0. The maximum Gasteiger partial charge on any atom is 0.340 e. The summed E-state index contributed by atoms with van der Waals surface area (Å²) >= 11 is 0. The van der Waals surface area contributed by atoms with E-state index in [-0.39, 0.29) is 17.4 Å². The lowest BCUT2D eigenvalue weighted by Crippen LogP contribution is -2.18. The topological polar surface area (TPSA) is 52.3 Å². The Morgan fingerprint density at radius 3 is 2.86 bits per heavy atom. The molecule has 0 fully saturated rings. The summed E-state index contributed by atoms with van der Waals surface area (Å²) in [5.41, 5.74) is 7.77. The largest absolute Gasteiger partial charge is 0.454 e. The van der Waals surface area contributed by atoms with Crippen molar-refractivity contribution in [3.05, 3.63) is 65.0 Å². The molecule has 1 aliphatic carbocycles. The van der Waals surface area contributed by atoms with Gasteiger partial charge in [0.2, 0.25) is 0 Å². The number of benzene rings is 2. The van der Waals surface area contributed by atoms with Crippen LogP contribution in [0.25, 0.3) is 0 Å². The standard InChI is InChI=1S/C17H16FNO2/c18-14-9-4-8-13(16(14)19)17(20)21-15-10-3-6-11-5-1-2-7-12(11)15/h1-2,4-5,7-9,15H,3,6,10,19H2. The van der Waals surface area contributed by atoms with E-state index in [1.165, 1.54) is 23.8 Å². The lowest BCUT2D eigenvalue weighted by Gasteiger charge is -2.25. The van der Waals surface area contributed by atoms with Gasteiger partial charge < -0.3 is 10.5 Å². The molecule has 0 amide bonds. The van der Waals surface area contributed by atoms with Crippen molar-refractivity contribution in [2.75, 3.05) is 5.73 Å². The average Bonchev–Trinajstić information content (AvgIpc) is 2.50. The Kier molecular flexibility index (Phi) is 3.60. The number of nitrogens with two attached hydrogens (primary N) is 1. The third-order valence-corrected chi connectivity index (χ3v) is 3.84. The van der Waals surface area contributed by atoms with Crippen LogP contribution in [0.5, 0.6) is 0 Å². The zero-order valence-corrected chi connectivity index (χ0v) is 11.5. The van der Waals surface area contributed by atoms with Crippen LogP contribution in [-0.4, -0.2) is 5.97 Å².